The van der Waals surface area contributed by atoms with E-state index in [1.807, 2.05) is 24.3 Å². The van der Waals surface area contributed by atoms with Crippen LogP contribution in [0, 0.1) is 0 Å². The summed E-state index contributed by atoms with van der Waals surface area (Å²) in [6, 6.07) is 7.58. The highest BCUT2D eigenvalue weighted by Crippen LogP contribution is 2.24. The van der Waals surface area contributed by atoms with E-state index in [-0.39, 0.29) is 0 Å². The smallest absolute Gasteiger partial charge is 0.280 e. The van der Waals surface area contributed by atoms with Gasteiger partial charge in [0, 0.05) is 18.1 Å². The summed E-state index contributed by atoms with van der Waals surface area (Å²) in [5, 5.41) is 7.97. The highest BCUT2D eigenvalue weighted by molar-refractivity contribution is 5.80. The fourth-order valence-electron chi connectivity index (χ4n) is 2.30. The standard InChI is InChI=1S/C15H13N5O2/c1-2-3-10-7-13(19-21-10)15-18-14(20-22-15)9-4-5-11-12(6-9)17-8-16-11/h4-8H,2-3H2,1H3,(H,16,17). The average molecular weight is 295 g/mol. The summed E-state index contributed by atoms with van der Waals surface area (Å²) in [6.07, 6.45) is 3.49. The summed E-state index contributed by atoms with van der Waals surface area (Å²) in [5.41, 5.74) is 3.23. The first-order valence-electron chi connectivity index (χ1n) is 7.06. The van der Waals surface area contributed by atoms with E-state index in [9.17, 15) is 0 Å². The average Bonchev–Trinajstić information content (AvgIpc) is 3.26. The normalized spacial score (nSPS) is 11.3. The molecule has 4 rings (SSSR count). The molecule has 1 N–H and O–H groups in total. The Kier molecular flexibility index (Phi) is 2.96. The lowest BCUT2D eigenvalue weighted by Crippen LogP contribution is -1.82. The number of nitrogens with zero attached hydrogens (tertiary/aromatic N) is 4. The fourth-order valence-corrected chi connectivity index (χ4v) is 2.30. The zero-order chi connectivity index (χ0) is 14.9. The summed E-state index contributed by atoms with van der Waals surface area (Å²) in [5.74, 6) is 1.67. The number of nitrogens with one attached hydrogen (secondary N) is 1. The molecule has 7 nitrogen and oxygen atoms in total. The highest BCUT2D eigenvalue weighted by Gasteiger charge is 2.15. The minimum Gasteiger partial charge on any atom is -0.361 e. The molecule has 1 aromatic carbocycles. The van der Waals surface area contributed by atoms with Gasteiger partial charge in [-0.2, -0.15) is 4.98 Å². The summed E-state index contributed by atoms with van der Waals surface area (Å²) in [7, 11) is 0. The van der Waals surface area contributed by atoms with Gasteiger partial charge in [0.05, 0.1) is 17.4 Å². The lowest BCUT2D eigenvalue weighted by molar-refractivity contribution is 0.378. The maximum Gasteiger partial charge on any atom is 0.280 e. The number of imidazole rings is 1. The molecule has 110 valence electrons. The van der Waals surface area contributed by atoms with E-state index in [0.717, 1.165) is 35.2 Å². The monoisotopic (exact) mass is 295 g/mol. The van der Waals surface area contributed by atoms with Crippen LogP contribution in [0.4, 0.5) is 0 Å². The summed E-state index contributed by atoms with van der Waals surface area (Å²) < 4.78 is 10.5. The number of aromatic nitrogens is 5. The molecule has 0 radical (unpaired) electrons. The van der Waals surface area contributed by atoms with Crippen LogP contribution in [0.1, 0.15) is 19.1 Å². The van der Waals surface area contributed by atoms with Gasteiger partial charge in [-0.25, -0.2) is 4.98 Å². The molecule has 0 amide bonds. The zero-order valence-electron chi connectivity index (χ0n) is 11.9. The minimum absolute atomic E-state index is 0.353. The second kappa shape index (κ2) is 5.10. The van der Waals surface area contributed by atoms with Crippen molar-refractivity contribution in [3.63, 3.8) is 0 Å². The van der Waals surface area contributed by atoms with Gasteiger partial charge in [0.25, 0.3) is 5.89 Å². The maximum atomic E-state index is 5.28. The summed E-state index contributed by atoms with van der Waals surface area (Å²) >= 11 is 0. The van der Waals surface area contributed by atoms with Crippen LogP contribution in [0.3, 0.4) is 0 Å². The molecule has 22 heavy (non-hydrogen) atoms. The molecule has 0 spiro atoms. The van der Waals surface area contributed by atoms with Crippen LogP contribution in [-0.4, -0.2) is 25.3 Å². The molecule has 7 heteroatoms. The van der Waals surface area contributed by atoms with E-state index in [2.05, 4.69) is 32.2 Å². The lowest BCUT2D eigenvalue weighted by atomic mass is 10.2. The van der Waals surface area contributed by atoms with Crippen molar-refractivity contribution in [3.8, 4) is 23.0 Å². The van der Waals surface area contributed by atoms with Gasteiger partial charge < -0.3 is 14.0 Å². The molecule has 0 unspecified atom stereocenters. The topological polar surface area (TPSA) is 93.6 Å². The van der Waals surface area contributed by atoms with Crippen molar-refractivity contribution in [3.05, 3.63) is 36.4 Å². The molecule has 0 aliphatic rings. The molecule has 0 saturated heterocycles. The first kappa shape index (κ1) is 12.8. The van der Waals surface area contributed by atoms with Crippen molar-refractivity contribution < 1.29 is 9.05 Å². The van der Waals surface area contributed by atoms with Gasteiger partial charge in [-0.05, 0) is 24.6 Å². The van der Waals surface area contributed by atoms with E-state index in [4.69, 9.17) is 9.05 Å². The molecule has 3 heterocycles. The van der Waals surface area contributed by atoms with E-state index < -0.39 is 0 Å². The Labute approximate surface area is 125 Å². The third-order valence-corrected chi connectivity index (χ3v) is 3.38. The van der Waals surface area contributed by atoms with E-state index >= 15 is 0 Å². The number of fused-ring (bicyclic) bond motifs is 1. The first-order chi connectivity index (χ1) is 10.8. The second-order valence-electron chi connectivity index (χ2n) is 4.99. The van der Waals surface area contributed by atoms with Gasteiger partial charge in [-0.3, -0.25) is 0 Å². The Bertz CT molecular complexity index is 921. The van der Waals surface area contributed by atoms with Crippen LogP contribution in [0.15, 0.2) is 39.6 Å². The van der Waals surface area contributed by atoms with Crippen LogP contribution in [0.25, 0.3) is 34.0 Å². The van der Waals surface area contributed by atoms with Crippen molar-refractivity contribution in [2.24, 2.45) is 0 Å². The Balaban J connectivity index is 1.67. The van der Waals surface area contributed by atoms with Crippen molar-refractivity contribution >= 4 is 11.0 Å². The van der Waals surface area contributed by atoms with Gasteiger partial charge in [0.1, 0.15) is 5.76 Å². The van der Waals surface area contributed by atoms with Crippen LogP contribution in [0.2, 0.25) is 0 Å². The number of aromatic amines is 1. The number of rotatable bonds is 4. The summed E-state index contributed by atoms with van der Waals surface area (Å²) in [4.78, 5) is 11.6. The van der Waals surface area contributed by atoms with Crippen LogP contribution >= 0.6 is 0 Å². The molecule has 0 aliphatic heterocycles. The van der Waals surface area contributed by atoms with Crippen molar-refractivity contribution in [2.75, 3.05) is 0 Å². The van der Waals surface area contributed by atoms with Gasteiger partial charge in [0.15, 0.2) is 5.69 Å². The Hall–Kier alpha value is -2.96. The molecule has 4 aromatic rings. The number of hydrogen-bond acceptors (Lipinski definition) is 6. The van der Waals surface area contributed by atoms with Gasteiger partial charge in [-0.15, -0.1) is 0 Å². The molecular weight excluding hydrogens is 282 g/mol. The molecule has 0 aliphatic carbocycles. The Morgan fingerprint density at radius 2 is 2.09 bits per heavy atom. The van der Waals surface area contributed by atoms with Crippen molar-refractivity contribution in [1.29, 1.82) is 0 Å². The van der Waals surface area contributed by atoms with E-state index in [1.54, 1.807) is 6.33 Å². The number of aryl methyl sites for hydroxylation is 1. The number of benzene rings is 1. The third-order valence-electron chi connectivity index (χ3n) is 3.38. The van der Waals surface area contributed by atoms with Crippen molar-refractivity contribution in [2.45, 2.75) is 19.8 Å². The molecule has 0 atom stereocenters. The Morgan fingerprint density at radius 1 is 1.14 bits per heavy atom. The largest absolute Gasteiger partial charge is 0.361 e. The Morgan fingerprint density at radius 3 is 3.00 bits per heavy atom. The summed E-state index contributed by atoms with van der Waals surface area (Å²) in [6.45, 7) is 2.08. The fraction of sp³-hybridized carbons (Fsp3) is 0.200. The SMILES string of the molecule is CCCc1cc(-c2nc(-c3ccc4nc[nH]c4c3)no2)no1. The lowest BCUT2D eigenvalue weighted by Gasteiger charge is -1.93. The molecule has 0 fully saturated rings. The predicted octanol–water partition coefficient (Wildman–Crippen LogP) is 3.22. The quantitative estimate of drug-likeness (QED) is 0.621. The highest BCUT2D eigenvalue weighted by atomic mass is 16.5. The van der Waals surface area contributed by atoms with Gasteiger partial charge in [0.2, 0.25) is 5.82 Å². The van der Waals surface area contributed by atoms with Gasteiger partial charge in [-0.1, -0.05) is 17.2 Å². The van der Waals surface area contributed by atoms with Crippen LogP contribution < -0.4 is 0 Å². The molecule has 0 bridgehead atoms. The van der Waals surface area contributed by atoms with Crippen LogP contribution in [-0.2, 0) is 6.42 Å². The molecule has 3 aromatic heterocycles. The molecule has 0 saturated carbocycles. The van der Waals surface area contributed by atoms with Gasteiger partial charge >= 0.3 is 0 Å². The maximum absolute atomic E-state index is 5.28. The van der Waals surface area contributed by atoms with Crippen molar-refractivity contribution in [1.82, 2.24) is 25.3 Å². The minimum atomic E-state index is 0.353. The zero-order valence-corrected chi connectivity index (χ0v) is 11.9. The van der Waals surface area contributed by atoms with Crippen LogP contribution in [0.5, 0.6) is 0 Å². The number of H-pyrrole nitrogens is 1. The molecular formula is C15H13N5O2. The van der Waals surface area contributed by atoms with E-state index in [0.29, 0.717) is 17.4 Å². The van der Waals surface area contributed by atoms with E-state index in [1.165, 1.54) is 0 Å². The predicted molar refractivity (Wildman–Crippen MR) is 78.9 cm³/mol. The third kappa shape index (κ3) is 2.16. The second-order valence-corrected chi connectivity index (χ2v) is 4.99. The number of hydrogen-bond donors (Lipinski definition) is 1. The first-order valence-corrected chi connectivity index (χ1v) is 7.06.